The van der Waals surface area contributed by atoms with E-state index >= 15 is 0 Å². The van der Waals surface area contributed by atoms with Gasteiger partial charge in [0.25, 0.3) is 5.91 Å². The molecule has 0 bridgehead atoms. The number of aryl methyl sites for hydroxylation is 1. The second kappa shape index (κ2) is 6.50. The van der Waals surface area contributed by atoms with Gasteiger partial charge in [-0.05, 0) is 38.8 Å². The lowest BCUT2D eigenvalue weighted by Crippen LogP contribution is -2.43. The van der Waals surface area contributed by atoms with Crippen LogP contribution < -0.4 is 0 Å². The van der Waals surface area contributed by atoms with Gasteiger partial charge in [-0.1, -0.05) is 6.07 Å². The molecule has 1 aromatic rings. The number of piperidine rings is 1. The number of pyridine rings is 1. The lowest BCUT2D eigenvalue weighted by molar-refractivity contribution is -0.149. The minimum absolute atomic E-state index is 0.109. The number of carbonyl (C=O) groups is 2. The molecule has 1 aliphatic rings. The molecule has 5 heteroatoms. The second-order valence-electron chi connectivity index (χ2n) is 5.01. The Morgan fingerprint density at radius 2 is 2.25 bits per heavy atom. The molecule has 0 saturated carbocycles. The zero-order valence-corrected chi connectivity index (χ0v) is 12.0. The summed E-state index contributed by atoms with van der Waals surface area (Å²) in [7, 11) is 0. The summed E-state index contributed by atoms with van der Waals surface area (Å²) in [5, 5.41) is 0. The van der Waals surface area contributed by atoms with Gasteiger partial charge in [0.15, 0.2) is 0 Å². The molecular weight excluding hydrogens is 256 g/mol. The van der Waals surface area contributed by atoms with Crippen molar-refractivity contribution in [3.8, 4) is 0 Å². The van der Waals surface area contributed by atoms with Crippen LogP contribution in [0.3, 0.4) is 0 Å². The monoisotopic (exact) mass is 276 g/mol. The Kier molecular flexibility index (Phi) is 4.71. The number of aromatic nitrogens is 1. The zero-order valence-electron chi connectivity index (χ0n) is 12.0. The Hall–Kier alpha value is -1.91. The molecule has 2 heterocycles. The summed E-state index contributed by atoms with van der Waals surface area (Å²) in [5.41, 5.74) is 1.25. The van der Waals surface area contributed by atoms with Crippen molar-refractivity contribution in [2.75, 3.05) is 19.7 Å². The van der Waals surface area contributed by atoms with E-state index in [-0.39, 0.29) is 17.8 Å². The van der Waals surface area contributed by atoms with Crippen LogP contribution in [0, 0.1) is 12.8 Å². The van der Waals surface area contributed by atoms with E-state index in [1.165, 1.54) is 0 Å². The molecule has 1 aromatic heterocycles. The molecule has 2 rings (SSSR count). The zero-order chi connectivity index (χ0) is 14.5. The van der Waals surface area contributed by atoms with Gasteiger partial charge in [0.05, 0.1) is 12.5 Å². The summed E-state index contributed by atoms with van der Waals surface area (Å²) >= 11 is 0. The van der Waals surface area contributed by atoms with Crippen molar-refractivity contribution in [2.45, 2.75) is 26.7 Å². The third-order valence-corrected chi connectivity index (χ3v) is 3.44. The van der Waals surface area contributed by atoms with E-state index in [9.17, 15) is 9.59 Å². The molecule has 1 unspecified atom stereocenters. The summed E-state index contributed by atoms with van der Waals surface area (Å²) in [5.74, 6) is -0.526. The predicted molar refractivity (Wildman–Crippen MR) is 74.2 cm³/mol. The smallest absolute Gasteiger partial charge is 0.310 e. The van der Waals surface area contributed by atoms with Gasteiger partial charge >= 0.3 is 5.97 Å². The van der Waals surface area contributed by atoms with E-state index in [1.807, 2.05) is 19.1 Å². The number of likely N-dealkylation sites (tertiary alicyclic amines) is 1. The molecule has 0 aliphatic carbocycles. The predicted octanol–water partition coefficient (Wildman–Crippen LogP) is 1.81. The Balaban J connectivity index is 2.05. The number of hydrogen-bond donors (Lipinski definition) is 0. The molecule has 0 spiro atoms. The lowest BCUT2D eigenvalue weighted by atomic mass is 9.98. The number of nitrogens with zero attached hydrogens (tertiary/aromatic N) is 2. The average molecular weight is 276 g/mol. The molecule has 1 fully saturated rings. The maximum atomic E-state index is 12.4. The lowest BCUT2D eigenvalue weighted by Gasteiger charge is -2.31. The van der Waals surface area contributed by atoms with Gasteiger partial charge < -0.3 is 9.64 Å². The van der Waals surface area contributed by atoms with Crippen LogP contribution in [0.15, 0.2) is 18.2 Å². The Bertz CT molecular complexity index is 502. The molecule has 1 aliphatic heterocycles. The fourth-order valence-electron chi connectivity index (χ4n) is 2.44. The Labute approximate surface area is 118 Å². The number of amides is 1. The summed E-state index contributed by atoms with van der Waals surface area (Å²) in [6.07, 6.45) is 1.60. The first-order valence-electron chi connectivity index (χ1n) is 7.01. The summed E-state index contributed by atoms with van der Waals surface area (Å²) in [6, 6.07) is 5.39. The first-order valence-corrected chi connectivity index (χ1v) is 7.01. The summed E-state index contributed by atoms with van der Waals surface area (Å²) in [4.78, 5) is 30.1. The van der Waals surface area contributed by atoms with E-state index in [2.05, 4.69) is 4.98 Å². The third kappa shape index (κ3) is 3.35. The highest BCUT2D eigenvalue weighted by Gasteiger charge is 2.30. The minimum Gasteiger partial charge on any atom is -0.466 e. The van der Waals surface area contributed by atoms with Crippen LogP contribution in [0.4, 0.5) is 0 Å². The van der Waals surface area contributed by atoms with Crippen molar-refractivity contribution < 1.29 is 14.3 Å². The van der Waals surface area contributed by atoms with Crippen molar-refractivity contribution in [1.29, 1.82) is 0 Å². The topological polar surface area (TPSA) is 59.5 Å². The average Bonchev–Trinajstić information content (AvgIpc) is 2.47. The highest BCUT2D eigenvalue weighted by Crippen LogP contribution is 2.19. The van der Waals surface area contributed by atoms with Gasteiger partial charge in [-0.25, -0.2) is 4.98 Å². The van der Waals surface area contributed by atoms with E-state index < -0.39 is 0 Å². The molecule has 1 saturated heterocycles. The van der Waals surface area contributed by atoms with Crippen LogP contribution in [0.1, 0.15) is 35.9 Å². The number of hydrogen-bond acceptors (Lipinski definition) is 4. The van der Waals surface area contributed by atoms with E-state index in [4.69, 9.17) is 4.74 Å². The molecule has 0 aromatic carbocycles. The van der Waals surface area contributed by atoms with Gasteiger partial charge in [-0.15, -0.1) is 0 Å². The van der Waals surface area contributed by atoms with Crippen molar-refractivity contribution >= 4 is 11.9 Å². The van der Waals surface area contributed by atoms with E-state index in [0.29, 0.717) is 25.4 Å². The minimum atomic E-state index is -0.211. The molecular formula is C15H20N2O3. The molecule has 5 nitrogen and oxygen atoms in total. The van der Waals surface area contributed by atoms with Crippen LogP contribution >= 0.6 is 0 Å². The first-order chi connectivity index (χ1) is 9.61. The van der Waals surface area contributed by atoms with Crippen LogP contribution in [0.5, 0.6) is 0 Å². The van der Waals surface area contributed by atoms with Crippen LogP contribution in [0.2, 0.25) is 0 Å². The van der Waals surface area contributed by atoms with Crippen molar-refractivity contribution in [3.63, 3.8) is 0 Å². The van der Waals surface area contributed by atoms with Gasteiger partial charge in [-0.2, -0.15) is 0 Å². The first kappa shape index (κ1) is 14.5. The van der Waals surface area contributed by atoms with Crippen LogP contribution in [-0.4, -0.2) is 41.5 Å². The third-order valence-electron chi connectivity index (χ3n) is 3.44. The standard InChI is InChI=1S/C15H20N2O3/c1-3-20-15(19)12-7-5-9-17(10-12)14(18)13-8-4-6-11(2)16-13/h4,6,8,12H,3,5,7,9-10H2,1-2H3. The van der Waals surface area contributed by atoms with E-state index in [0.717, 1.165) is 18.5 Å². The Morgan fingerprint density at radius 3 is 2.95 bits per heavy atom. The van der Waals surface area contributed by atoms with Crippen molar-refractivity contribution in [1.82, 2.24) is 9.88 Å². The van der Waals surface area contributed by atoms with E-state index in [1.54, 1.807) is 17.9 Å². The summed E-state index contributed by atoms with van der Waals surface area (Å²) in [6.45, 7) is 5.12. The SMILES string of the molecule is CCOC(=O)C1CCCN(C(=O)c2cccc(C)n2)C1. The number of esters is 1. The fraction of sp³-hybridized carbons (Fsp3) is 0.533. The number of carbonyl (C=O) groups excluding carboxylic acids is 2. The van der Waals surface area contributed by atoms with Gasteiger partial charge in [-0.3, -0.25) is 9.59 Å². The van der Waals surface area contributed by atoms with Gasteiger partial charge in [0, 0.05) is 18.8 Å². The van der Waals surface area contributed by atoms with Crippen LogP contribution in [0.25, 0.3) is 0 Å². The maximum absolute atomic E-state index is 12.4. The normalized spacial score (nSPS) is 18.7. The van der Waals surface area contributed by atoms with Crippen LogP contribution in [-0.2, 0) is 9.53 Å². The molecule has 20 heavy (non-hydrogen) atoms. The van der Waals surface area contributed by atoms with Gasteiger partial charge in [0.2, 0.25) is 0 Å². The molecule has 0 N–H and O–H groups in total. The number of rotatable bonds is 3. The second-order valence-corrected chi connectivity index (χ2v) is 5.01. The quantitative estimate of drug-likeness (QED) is 0.790. The molecule has 1 atom stereocenters. The Morgan fingerprint density at radius 1 is 1.45 bits per heavy atom. The van der Waals surface area contributed by atoms with Crippen molar-refractivity contribution in [3.05, 3.63) is 29.6 Å². The highest BCUT2D eigenvalue weighted by molar-refractivity contribution is 5.92. The molecule has 0 radical (unpaired) electrons. The largest absolute Gasteiger partial charge is 0.466 e. The highest BCUT2D eigenvalue weighted by atomic mass is 16.5. The molecule has 1 amide bonds. The fourth-order valence-corrected chi connectivity index (χ4v) is 2.44. The summed E-state index contributed by atoms with van der Waals surface area (Å²) < 4.78 is 5.04. The maximum Gasteiger partial charge on any atom is 0.310 e. The molecule has 108 valence electrons. The van der Waals surface area contributed by atoms with Crippen molar-refractivity contribution in [2.24, 2.45) is 5.92 Å². The number of ether oxygens (including phenoxy) is 1. The van der Waals surface area contributed by atoms with Gasteiger partial charge in [0.1, 0.15) is 5.69 Å².